The van der Waals surface area contributed by atoms with Crippen LogP contribution in [0.1, 0.15) is 36.9 Å². The quantitative estimate of drug-likeness (QED) is 0.678. The van der Waals surface area contributed by atoms with Crippen LogP contribution in [0.5, 0.6) is 0 Å². The topological polar surface area (TPSA) is 87.5 Å². The molecule has 0 spiro atoms. The second-order valence-electron chi connectivity index (χ2n) is 7.54. The fourth-order valence-electron chi connectivity index (χ4n) is 4.09. The van der Waals surface area contributed by atoms with Crippen molar-refractivity contribution in [2.45, 2.75) is 56.5 Å². The Morgan fingerprint density at radius 2 is 2.03 bits per heavy atom. The molecule has 1 aliphatic heterocycles. The van der Waals surface area contributed by atoms with E-state index in [1.165, 1.54) is 17.3 Å². The Hall–Kier alpha value is -2.32. The number of carbonyl (C=O) groups excluding carboxylic acids is 2. The fraction of sp³-hybridized carbons (Fsp3) is 0.476. The molecule has 7 nitrogen and oxygen atoms in total. The smallest absolute Gasteiger partial charge is 0.240 e. The predicted molar refractivity (Wildman–Crippen MR) is 112 cm³/mol. The molecule has 1 saturated carbocycles. The highest BCUT2D eigenvalue weighted by Crippen LogP contribution is 2.29. The number of thioether (sulfide) groups is 1. The molecule has 1 aromatic heterocycles. The van der Waals surface area contributed by atoms with Gasteiger partial charge in [-0.15, -0.1) is 0 Å². The van der Waals surface area contributed by atoms with Crippen LogP contribution in [0.15, 0.2) is 35.6 Å². The number of aliphatic hydroxyl groups excluding tert-OH is 1. The minimum Gasteiger partial charge on any atom is -0.390 e. The molecule has 29 heavy (non-hydrogen) atoms. The Morgan fingerprint density at radius 3 is 2.83 bits per heavy atom. The summed E-state index contributed by atoms with van der Waals surface area (Å²) >= 11 is 1.31. The lowest BCUT2D eigenvalue weighted by Crippen LogP contribution is -2.35. The van der Waals surface area contributed by atoms with Crippen LogP contribution in [0.2, 0.25) is 0 Å². The van der Waals surface area contributed by atoms with Gasteiger partial charge in [0.2, 0.25) is 11.8 Å². The van der Waals surface area contributed by atoms with Crippen molar-refractivity contribution in [1.82, 2.24) is 14.9 Å². The molecule has 2 aliphatic rings. The predicted octanol–water partition coefficient (Wildman–Crippen LogP) is 2.12. The summed E-state index contributed by atoms with van der Waals surface area (Å²) in [6.45, 7) is 0.603. The summed E-state index contributed by atoms with van der Waals surface area (Å²) in [5.74, 6) is 0.183. The van der Waals surface area contributed by atoms with E-state index in [0.717, 1.165) is 37.8 Å². The van der Waals surface area contributed by atoms with E-state index in [1.54, 1.807) is 10.8 Å². The molecular formula is C21H26N4O3S. The van der Waals surface area contributed by atoms with Crippen LogP contribution in [-0.2, 0) is 29.2 Å². The maximum absolute atomic E-state index is 12.8. The lowest BCUT2D eigenvalue weighted by Gasteiger charge is -2.17. The summed E-state index contributed by atoms with van der Waals surface area (Å²) in [5, 5.41) is 13.3. The zero-order valence-electron chi connectivity index (χ0n) is 16.3. The number of nitrogens with one attached hydrogen (secondary N) is 1. The summed E-state index contributed by atoms with van der Waals surface area (Å²) in [7, 11) is 0. The van der Waals surface area contributed by atoms with Crippen LogP contribution in [0, 0.1) is 0 Å². The highest BCUT2D eigenvalue weighted by atomic mass is 32.2. The number of hydrogen-bond acceptors (Lipinski definition) is 5. The molecule has 0 atom stereocenters. The van der Waals surface area contributed by atoms with Crippen LogP contribution in [0.25, 0.3) is 0 Å². The average molecular weight is 415 g/mol. The van der Waals surface area contributed by atoms with E-state index in [-0.39, 0.29) is 36.8 Å². The Bertz CT molecular complexity index is 892. The van der Waals surface area contributed by atoms with Crippen molar-refractivity contribution in [2.24, 2.45) is 0 Å². The molecule has 2 aromatic rings. The van der Waals surface area contributed by atoms with Crippen molar-refractivity contribution >= 4 is 29.3 Å². The Kier molecular flexibility index (Phi) is 6.20. The molecule has 0 saturated heterocycles. The molecule has 0 unspecified atom stereocenters. The zero-order chi connectivity index (χ0) is 20.2. The van der Waals surface area contributed by atoms with Crippen molar-refractivity contribution < 1.29 is 14.7 Å². The molecule has 1 aliphatic carbocycles. The molecule has 154 valence electrons. The van der Waals surface area contributed by atoms with Crippen molar-refractivity contribution in [2.75, 3.05) is 17.2 Å². The van der Waals surface area contributed by atoms with Crippen LogP contribution in [0.4, 0.5) is 5.69 Å². The first kappa shape index (κ1) is 20.0. The van der Waals surface area contributed by atoms with Crippen molar-refractivity contribution in [3.63, 3.8) is 0 Å². The number of para-hydroxylation sites is 1. The van der Waals surface area contributed by atoms with Gasteiger partial charge in [-0.25, -0.2) is 4.98 Å². The van der Waals surface area contributed by atoms with Gasteiger partial charge < -0.3 is 19.9 Å². The number of amides is 2. The summed E-state index contributed by atoms with van der Waals surface area (Å²) in [6, 6.07) is 8.21. The number of anilines is 1. The van der Waals surface area contributed by atoms with Crippen LogP contribution in [-0.4, -0.2) is 44.8 Å². The van der Waals surface area contributed by atoms with E-state index in [2.05, 4.69) is 16.4 Å². The van der Waals surface area contributed by atoms with Crippen LogP contribution in [0.3, 0.4) is 0 Å². The van der Waals surface area contributed by atoms with Gasteiger partial charge in [-0.1, -0.05) is 42.8 Å². The van der Waals surface area contributed by atoms with Gasteiger partial charge in [-0.2, -0.15) is 0 Å². The van der Waals surface area contributed by atoms with E-state index in [0.29, 0.717) is 17.4 Å². The number of benzene rings is 1. The Labute approximate surface area is 174 Å². The van der Waals surface area contributed by atoms with E-state index >= 15 is 0 Å². The molecule has 1 fully saturated rings. The van der Waals surface area contributed by atoms with Crippen molar-refractivity contribution in [3.8, 4) is 0 Å². The van der Waals surface area contributed by atoms with Gasteiger partial charge in [-0.05, 0) is 30.9 Å². The highest BCUT2D eigenvalue weighted by Gasteiger charge is 2.25. The normalized spacial score (nSPS) is 16.2. The van der Waals surface area contributed by atoms with E-state index in [1.807, 2.05) is 23.1 Å². The van der Waals surface area contributed by atoms with Gasteiger partial charge in [-0.3, -0.25) is 9.59 Å². The molecule has 1 aromatic carbocycles. The van der Waals surface area contributed by atoms with Crippen molar-refractivity contribution in [3.05, 3.63) is 41.7 Å². The standard InChI is InChI=1S/C21H26N4O3S/c26-13-17-11-22-21(25(17)12-19(27)23-16-6-2-3-7-16)29-14-20(28)24-10-9-15-5-1-4-8-18(15)24/h1,4-5,8,11,16,26H,2-3,6-7,9-10,12-14H2,(H,23,27). The van der Waals surface area contributed by atoms with Crippen molar-refractivity contribution in [1.29, 1.82) is 0 Å². The molecule has 2 amide bonds. The summed E-state index contributed by atoms with van der Waals surface area (Å²) in [5.41, 5.74) is 2.75. The Morgan fingerprint density at radius 1 is 1.24 bits per heavy atom. The number of aromatic nitrogens is 2. The molecule has 2 heterocycles. The summed E-state index contributed by atoms with van der Waals surface area (Å²) in [6.07, 6.45) is 6.80. The minimum absolute atomic E-state index is 0.0236. The fourth-order valence-corrected chi connectivity index (χ4v) is 4.96. The third-order valence-corrected chi connectivity index (χ3v) is 6.57. The zero-order valence-corrected chi connectivity index (χ0v) is 17.2. The van der Waals surface area contributed by atoms with Crippen LogP contribution < -0.4 is 10.2 Å². The second kappa shape index (κ2) is 9.00. The number of imidazole rings is 1. The molecule has 8 heteroatoms. The third-order valence-electron chi connectivity index (χ3n) is 5.60. The van der Waals surface area contributed by atoms with E-state index < -0.39 is 0 Å². The molecule has 0 radical (unpaired) electrons. The number of rotatable bonds is 7. The van der Waals surface area contributed by atoms with Gasteiger partial charge in [0.15, 0.2) is 5.16 Å². The maximum Gasteiger partial charge on any atom is 0.240 e. The highest BCUT2D eigenvalue weighted by molar-refractivity contribution is 7.99. The van der Waals surface area contributed by atoms with Gasteiger partial charge >= 0.3 is 0 Å². The minimum atomic E-state index is -0.197. The van der Waals surface area contributed by atoms with Gasteiger partial charge in [0.25, 0.3) is 0 Å². The molecular weight excluding hydrogens is 388 g/mol. The van der Waals surface area contributed by atoms with Crippen LogP contribution >= 0.6 is 11.8 Å². The largest absolute Gasteiger partial charge is 0.390 e. The summed E-state index contributed by atoms with van der Waals surface area (Å²) < 4.78 is 1.71. The second-order valence-corrected chi connectivity index (χ2v) is 8.48. The average Bonchev–Trinajstić information content (AvgIpc) is 3.46. The van der Waals surface area contributed by atoms with Gasteiger partial charge in [0, 0.05) is 18.3 Å². The summed E-state index contributed by atoms with van der Waals surface area (Å²) in [4.78, 5) is 31.4. The lowest BCUT2D eigenvalue weighted by molar-refractivity contribution is -0.122. The van der Waals surface area contributed by atoms with Gasteiger partial charge in [0.1, 0.15) is 6.54 Å². The Balaban J connectivity index is 1.39. The first-order valence-electron chi connectivity index (χ1n) is 10.1. The third kappa shape index (κ3) is 4.48. The first-order valence-corrected chi connectivity index (χ1v) is 11.1. The number of hydrogen-bond donors (Lipinski definition) is 2. The lowest BCUT2D eigenvalue weighted by atomic mass is 10.2. The number of aliphatic hydroxyl groups is 1. The van der Waals surface area contributed by atoms with E-state index in [4.69, 9.17) is 0 Å². The molecule has 0 bridgehead atoms. The van der Waals surface area contributed by atoms with Gasteiger partial charge in [0.05, 0.1) is 24.3 Å². The van der Waals surface area contributed by atoms with E-state index in [9.17, 15) is 14.7 Å². The molecule has 4 rings (SSSR count). The SMILES string of the molecule is O=C(Cn1c(CO)cnc1SCC(=O)N1CCc2ccccc21)NC1CCCC1. The number of nitrogens with zero attached hydrogens (tertiary/aromatic N) is 3. The monoisotopic (exact) mass is 414 g/mol. The number of fused-ring (bicyclic) bond motifs is 1. The first-order chi connectivity index (χ1) is 14.2. The number of carbonyl (C=O) groups is 2. The maximum atomic E-state index is 12.8. The molecule has 2 N–H and O–H groups in total.